The molecule has 9 heteroatoms. The number of unbranched alkanes of at least 4 members (excludes halogenated alkanes) is 1. The predicted molar refractivity (Wildman–Crippen MR) is 164 cm³/mol. The number of aliphatic hydroxyl groups is 1. The number of carbonyl (C=O) groups is 3. The molecule has 0 aromatic heterocycles. The molecule has 3 unspecified atom stereocenters. The first-order valence-corrected chi connectivity index (χ1v) is 16.2. The van der Waals surface area contributed by atoms with Crippen molar-refractivity contribution in [3.05, 3.63) is 61.2 Å². The number of aliphatic hydroxyl groups excluding tert-OH is 1. The maximum atomic E-state index is 14.4. The van der Waals surface area contributed by atoms with Gasteiger partial charge in [-0.1, -0.05) is 78.7 Å². The molecule has 218 valence electrons. The molecular weight excluding hydrogens is 590 g/mol. The second-order valence-corrected chi connectivity index (χ2v) is 13.8. The molecule has 0 saturated carbocycles. The Bertz CT molecular complexity index is 1100. The number of rotatable bonds is 14. The maximum Gasteiger partial charge on any atom is 0.247 e. The summed E-state index contributed by atoms with van der Waals surface area (Å²) in [5, 5.41) is 10.2. The zero-order valence-electron chi connectivity index (χ0n) is 23.6. The van der Waals surface area contributed by atoms with Gasteiger partial charge in [0.2, 0.25) is 17.7 Å². The van der Waals surface area contributed by atoms with Crippen LogP contribution in [-0.2, 0) is 20.9 Å². The van der Waals surface area contributed by atoms with E-state index in [9.17, 15) is 19.5 Å². The SMILES string of the molecule is C=CCN(CCCC)C(=O)C1N([C@@H](CC)CO)C(=O)[C@@H]2[C@@H](C(=O)N(CC=C)Cc3ccccc3)[C@@H]3SC12CC3Br. The minimum atomic E-state index is -0.742. The van der Waals surface area contributed by atoms with Crippen LogP contribution >= 0.6 is 27.7 Å². The molecule has 3 amide bonds. The van der Waals surface area contributed by atoms with Crippen molar-refractivity contribution >= 4 is 45.4 Å². The molecule has 1 aromatic rings. The van der Waals surface area contributed by atoms with E-state index in [-0.39, 0.29) is 34.4 Å². The minimum absolute atomic E-state index is 0.00856. The minimum Gasteiger partial charge on any atom is -0.394 e. The van der Waals surface area contributed by atoms with Gasteiger partial charge in [-0.15, -0.1) is 24.9 Å². The number of benzene rings is 1. The van der Waals surface area contributed by atoms with Crippen LogP contribution in [0.2, 0.25) is 0 Å². The Morgan fingerprint density at radius 1 is 1.18 bits per heavy atom. The lowest BCUT2D eigenvalue weighted by atomic mass is 9.70. The van der Waals surface area contributed by atoms with Crippen molar-refractivity contribution in [3.63, 3.8) is 0 Å². The lowest BCUT2D eigenvalue weighted by Gasteiger charge is -2.40. The Morgan fingerprint density at radius 3 is 2.45 bits per heavy atom. The monoisotopic (exact) mass is 631 g/mol. The van der Waals surface area contributed by atoms with Gasteiger partial charge in [0.15, 0.2) is 0 Å². The van der Waals surface area contributed by atoms with Crippen LogP contribution < -0.4 is 0 Å². The van der Waals surface area contributed by atoms with Gasteiger partial charge in [-0.25, -0.2) is 0 Å². The molecule has 3 aliphatic rings. The van der Waals surface area contributed by atoms with E-state index in [1.807, 2.05) is 37.3 Å². The smallest absolute Gasteiger partial charge is 0.247 e. The number of fused-ring (bicyclic) bond motifs is 1. The van der Waals surface area contributed by atoms with Gasteiger partial charge in [-0.05, 0) is 24.8 Å². The van der Waals surface area contributed by atoms with Gasteiger partial charge in [0.1, 0.15) is 6.04 Å². The number of hydrogen-bond donors (Lipinski definition) is 1. The number of amides is 3. The highest BCUT2D eigenvalue weighted by Crippen LogP contribution is 2.68. The first-order valence-electron chi connectivity index (χ1n) is 14.4. The van der Waals surface area contributed by atoms with Gasteiger partial charge < -0.3 is 19.8 Å². The molecule has 7 atom stereocenters. The number of carbonyl (C=O) groups excluding carboxylic acids is 3. The van der Waals surface area contributed by atoms with Gasteiger partial charge in [-0.2, -0.15) is 0 Å². The Kier molecular flexibility index (Phi) is 10.2. The van der Waals surface area contributed by atoms with Crippen LogP contribution in [0.3, 0.4) is 0 Å². The summed E-state index contributed by atoms with van der Waals surface area (Å²) in [5.41, 5.74) is 1.01. The standard InChI is InChI=1S/C31H42BrN3O4S/c1-5-9-17-33(15-6-2)30(39)27-31-18-23(32)26(40-31)24(25(31)29(38)35(27)22(8-4)20-36)28(37)34(16-7-3)19-21-13-11-10-12-14-21/h6-7,10-14,22-27,36H,2-3,5,8-9,15-20H2,1,4H3/t22-,23?,24+,25-,26+,27?,31?/m0/s1. The summed E-state index contributed by atoms with van der Waals surface area (Å²) < 4.78 is -0.742. The largest absolute Gasteiger partial charge is 0.394 e. The molecule has 3 heterocycles. The van der Waals surface area contributed by atoms with Crippen LogP contribution in [0.4, 0.5) is 0 Å². The van der Waals surface area contributed by atoms with Crippen molar-refractivity contribution in [2.75, 3.05) is 26.2 Å². The molecular formula is C31H42BrN3O4S. The number of halogens is 1. The van der Waals surface area contributed by atoms with Crippen molar-refractivity contribution in [2.45, 2.75) is 73.0 Å². The van der Waals surface area contributed by atoms with Crippen molar-refractivity contribution in [3.8, 4) is 0 Å². The Labute approximate surface area is 251 Å². The highest BCUT2D eigenvalue weighted by molar-refractivity contribution is 9.09. The number of alkyl halides is 1. The summed E-state index contributed by atoms with van der Waals surface area (Å²) >= 11 is 5.50. The molecule has 4 rings (SSSR count). The summed E-state index contributed by atoms with van der Waals surface area (Å²) in [6, 6.07) is 8.59. The highest BCUT2D eigenvalue weighted by Gasteiger charge is 2.76. The van der Waals surface area contributed by atoms with Gasteiger partial charge in [0.05, 0.1) is 29.2 Å². The molecule has 1 spiro atoms. The molecule has 0 aliphatic carbocycles. The molecule has 40 heavy (non-hydrogen) atoms. The number of nitrogens with zero attached hydrogens (tertiary/aromatic N) is 3. The third-order valence-corrected chi connectivity index (χ3v) is 11.9. The average molecular weight is 633 g/mol. The van der Waals surface area contributed by atoms with E-state index in [1.165, 1.54) is 0 Å². The van der Waals surface area contributed by atoms with Crippen LogP contribution in [-0.4, -0.2) is 90.7 Å². The van der Waals surface area contributed by atoms with E-state index in [2.05, 4.69) is 36.0 Å². The van der Waals surface area contributed by atoms with Crippen LogP contribution in [0.5, 0.6) is 0 Å². The van der Waals surface area contributed by atoms with E-state index >= 15 is 0 Å². The first kappa shape index (κ1) is 30.8. The van der Waals surface area contributed by atoms with Crippen molar-refractivity contribution in [2.24, 2.45) is 11.8 Å². The average Bonchev–Trinajstić information content (AvgIpc) is 3.55. The molecule has 3 fully saturated rings. The summed E-state index contributed by atoms with van der Waals surface area (Å²) in [6.07, 6.45) is 6.37. The Hall–Kier alpha value is -2.10. The van der Waals surface area contributed by atoms with E-state index in [0.29, 0.717) is 39.0 Å². The quantitative estimate of drug-likeness (QED) is 0.245. The summed E-state index contributed by atoms with van der Waals surface area (Å²) in [4.78, 5) is 48.4. The third kappa shape index (κ3) is 5.41. The van der Waals surface area contributed by atoms with Crippen molar-refractivity contribution in [1.82, 2.24) is 14.7 Å². The molecule has 3 aliphatic heterocycles. The predicted octanol–water partition coefficient (Wildman–Crippen LogP) is 4.25. The summed E-state index contributed by atoms with van der Waals surface area (Å²) in [7, 11) is 0. The number of thioether (sulfide) groups is 1. The summed E-state index contributed by atoms with van der Waals surface area (Å²) in [5.74, 6) is -1.56. The fraction of sp³-hybridized carbons (Fsp3) is 0.581. The topological polar surface area (TPSA) is 81.2 Å². The molecule has 1 N–H and O–H groups in total. The van der Waals surface area contributed by atoms with E-state index in [1.54, 1.807) is 38.6 Å². The molecule has 7 nitrogen and oxygen atoms in total. The van der Waals surface area contributed by atoms with Crippen molar-refractivity contribution < 1.29 is 19.5 Å². The first-order chi connectivity index (χ1) is 19.3. The maximum absolute atomic E-state index is 14.4. The van der Waals surface area contributed by atoms with Gasteiger partial charge in [0, 0.05) is 36.3 Å². The van der Waals surface area contributed by atoms with Gasteiger partial charge in [0.25, 0.3) is 0 Å². The van der Waals surface area contributed by atoms with E-state index in [0.717, 1.165) is 18.4 Å². The lowest BCUT2D eigenvalue weighted by molar-refractivity contribution is -0.147. The second kappa shape index (κ2) is 13.3. The van der Waals surface area contributed by atoms with Crippen LogP contribution in [0.15, 0.2) is 55.6 Å². The molecule has 0 radical (unpaired) electrons. The van der Waals surface area contributed by atoms with Gasteiger partial charge >= 0.3 is 0 Å². The third-order valence-electron chi connectivity index (χ3n) is 8.64. The van der Waals surface area contributed by atoms with Crippen LogP contribution in [0.1, 0.15) is 45.1 Å². The lowest BCUT2D eigenvalue weighted by Crippen LogP contribution is -2.58. The Balaban J connectivity index is 1.76. The summed E-state index contributed by atoms with van der Waals surface area (Å²) in [6.45, 7) is 13.3. The molecule has 2 bridgehead atoms. The Morgan fingerprint density at radius 2 is 1.85 bits per heavy atom. The fourth-order valence-electron chi connectivity index (χ4n) is 6.81. The zero-order valence-corrected chi connectivity index (χ0v) is 26.0. The van der Waals surface area contributed by atoms with Crippen LogP contribution in [0, 0.1) is 11.8 Å². The second-order valence-electron chi connectivity index (χ2n) is 11.1. The zero-order chi connectivity index (χ0) is 29.0. The van der Waals surface area contributed by atoms with Crippen molar-refractivity contribution in [1.29, 1.82) is 0 Å². The molecule has 3 saturated heterocycles. The highest BCUT2D eigenvalue weighted by atomic mass is 79.9. The number of likely N-dealkylation sites (tertiary alicyclic amines) is 1. The fourth-order valence-corrected chi connectivity index (χ4v) is 10.4. The van der Waals surface area contributed by atoms with E-state index in [4.69, 9.17) is 0 Å². The van der Waals surface area contributed by atoms with E-state index < -0.39 is 28.7 Å². The molecule has 1 aromatic carbocycles. The van der Waals surface area contributed by atoms with Gasteiger partial charge in [-0.3, -0.25) is 14.4 Å². The number of hydrogen-bond acceptors (Lipinski definition) is 5. The van der Waals surface area contributed by atoms with Crippen LogP contribution in [0.25, 0.3) is 0 Å². The normalized spacial score (nSPS) is 29.2.